The van der Waals surface area contributed by atoms with Gasteiger partial charge in [0.05, 0.1) is 0 Å². The summed E-state index contributed by atoms with van der Waals surface area (Å²) in [4.78, 5) is 30.1. The van der Waals surface area contributed by atoms with Gasteiger partial charge in [-0.3, -0.25) is 15.1 Å². The highest BCUT2D eigenvalue weighted by atomic mass is 127. The number of hydrogen-bond donors (Lipinski definition) is 1. The van der Waals surface area contributed by atoms with Gasteiger partial charge in [0.2, 0.25) is 5.95 Å². The quantitative estimate of drug-likeness (QED) is 0.411. The fourth-order valence-corrected chi connectivity index (χ4v) is 4.09. The molecule has 0 aliphatic heterocycles. The first-order chi connectivity index (χ1) is 14.4. The van der Waals surface area contributed by atoms with Crippen LogP contribution in [-0.2, 0) is 7.05 Å². The predicted molar refractivity (Wildman–Crippen MR) is 124 cm³/mol. The van der Waals surface area contributed by atoms with Crippen LogP contribution in [0.2, 0.25) is 0 Å². The number of benzene rings is 1. The van der Waals surface area contributed by atoms with E-state index in [9.17, 15) is 4.79 Å². The van der Waals surface area contributed by atoms with E-state index in [4.69, 9.17) is 0 Å². The number of anilines is 1. The maximum Gasteiger partial charge on any atom is 0.274 e. The third-order valence-electron chi connectivity index (χ3n) is 4.54. The molecule has 3 aromatic heterocycles. The number of rotatable bonds is 4. The average Bonchev–Trinajstić information content (AvgIpc) is 3.09. The molecule has 1 N–H and O–H groups in total. The minimum Gasteiger partial charge on any atom is -0.346 e. The topological polar surface area (TPSA) is 85.6 Å². The minimum atomic E-state index is -0.288. The van der Waals surface area contributed by atoms with Crippen LogP contribution in [0.25, 0.3) is 22.6 Å². The second-order valence-corrected chi connectivity index (χ2v) is 8.07. The van der Waals surface area contributed by atoms with Gasteiger partial charge in [-0.25, -0.2) is 4.98 Å². The molecule has 150 valence electrons. The molecule has 0 unspecified atom stereocenters. The van der Waals surface area contributed by atoms with Gasteiger partial charge in [-0.15, -0.1) is 0 Å². The van der Waals surface area contributed by atoms with Crippen LogP contribution in [0.3, 0.4) is 0 Å². The molecule has 8 heteroatoms. The van der Waals surface area contributed by atoms with E-state index in [2.05, 4.69) is 73.0 Å². The Morgan fingerprint density at radius 3 is 2.63 bits per heavy atom. The zero-order valence-corrected chi connectivity index (χ0v) is 18.9. The lowest BCUT2D eigenvalue weighted by molar-refractivity contribution is 0.101. The van der Waals surface area contributed by atoms with Crippen molar-refractivity contribution in [2.75, 3.05) is 5.32 Å². The summed E-state index contributed by atoms with van der Waals surface area (Å²) in [5, 5.41) is 2.79. The van der Waals surface area contributed by atoms with E-state index < -0.39 is 0 Å². The van der Waals surface area contributed by atoms with E-state index >= 15 is 0 Å². The molecule has 1 aromatic carbocycles. The van der Waals surface area contributed by atoms with E-state index in [1.165, 1.54) is 5.56 Å². The van der Waals surface area contributed by atoms with Gasteiger partial charge in [0.15, 0.2) is 5.82 Å². The number of halogens is 1. The first-order valence-corrected chi connectivity index (χ1v) is 10.4. The highest BCUT2D eigenvalue weighted by molar-refractivity contribution is 14.1. The second-order valence-electron chi connectivity index (χ2n) is 6.91. The van der Waals surface area contributed by atoms with E-state index in [1.807, 2.05) is 37.5 Å². The molecule has 0 aliphatic carbocycles. The Bertz CT molecular complexity index is 1240. The molecular formula is C22H19IN6O. The SMILES string of the molecule is Cc1ccc(-c2cc(C(=O)Nc3nc(C)nc(-c4ccccn4)n3)n(C)c2)c(I)c1. The standard InChI is InChI=1S/C22H19IN6O/c1-13-7-8-16(17(23)10-13)15-11-19(29(3)12-15)21(30)28-22-26-14(2)25-20(27-22)18-6-4-5-9-24-18/h4-12H,1-3H3,(H,25,26,27,28,30). The van der Waals surface area contributed by atoms with Crippen molar-refractivity contribution in [1.82, 2.24) is 24.5 Å². The third kappa shape index (κ3) is 4.23. The van der Waals surface area contributed by atoms with Crippen LogP contribution < -0.4 is 5.32 Å². The van der Waals surface area contributed by atoms with Crippen LogP contribution in [0, 0.1) is 17.4 Å². The molecule has 0 spiro atoms. The van der Waals surface area contributed by atoms with E-state index in [0.717, 1.165) is 14.7 Å². The van der Waals surface area contributed by atoms with Crippen molar-refractivity contribution >= 4 is 34.4 Å². The minimum absolute atomic E-state index is 0.195. The summed E-state index contributed by atoms with van der Waals surface area (Å²) in [7, 11) is 1.84. The van der Waals surface area contributed by atoms with Gasteiger partial charge in [0.1, 0.15) is 17.2 Å². The molecule has 0 fully saturated rings. The van der Waals surface area contributed by atoms with E-state index in [1.54, 1.807) is 17.7 Å². The Labute approximate surface area is 187 Å². The van der Waals surface area contributed by atoms with Gasteiger partial charge in [-0.1, -0.05) is 23.8 Å². The Kier molecular flexibility index (Phi) is 5.58. The zero-order chi connectivity index (χ0) is 21.3. The number of hydrogen-bond acceptors (Lipinski definition) is 5. The van der Waals surface area contributed by atoms with Crippen LogP contribution in [0.1, 0.15) is 21.9 Å². The van der Waals surface area contributed by atoms with Gasteiger partial charge in [0.25, 0.3) is 5.91 Å². The molecule has 0 bridgehead atoms. The van der Waals surface area contributed by atoms with Gasteiger partial charge in [0, 0.05) is 28.6 Å². The highest BCUT2D eigenvalue weighted by Crippen LogP contribution is 2.28. The molecule has 4 aromatic rings. The summed E-state index contributed by atoms with van der Waals surface area (Å²) < 4.78 is 2.94. The Hall–Kier alpha value is -3.14. The van der Waals surface area contributed by atoms with Crippen molar-refractivity contribution in [3.63, 3.8) is 0 Å². The maximum atomic E-state index is 12.9. The fourth-order valence-electron chi connectivity index (χ4n) is 3.10. The van der Waals surface area contributed by atoms with Crippen molar-refractivity contribution in [3.05, 3.63) is 75.5 Å². The van der Waals surface area contributed by atoms with Crippen LogP contribution in [0.5, 0.6) is 0 Å². The first kappa shape index (κ1) is 20.1. The number of aromatic nitrogens is 5. The van der Waals surface area contributed by atoms with Crippen molar-refractivity contribution in [1.29, 1.82) is 0 Å². The number of pyridine rings is 1. The predicted octanol–water partition coefficient (Wildman–Crippen LogP) is 4.41. The molecule has 0 atom stereocenters. The monoisotopic (exact) mass is 510 g/mol. The van der Waals surface area contributed by atoms with Crippen molar-refractivity contribution < 1.29 is 4.79 Å². The first-order valence-electron chi connectivity index (χ1n) is 9.29. The molecule has 7 nitrogen and oxygen atoms in total. The number of nitrogens with one attached hydrogen (secondary N) is 1. The Morgan fingerprint density at radius 1 is 1.07 bits per heavy atom. The largest absolute Gasteiger partial charge is 0.346 e. The lowest BCUT2D eigenvalue weighted by Gasteiger charge is -2.07. The summed E-state index contributed by atoms with van der Waals surface area (Å²) in [5.74, 6) is 0.826. The number of carbonyl (C=O) groups is 1. The van der Waals surface area contributed by atoms with E-state index in [0.29, 0.717) is 23.0 Å². The molecule has 3 heterocycles. The summed E-state index contributed by atoms with van der Waals surface area (Å²) >= 11 is 2.32. The fraction of sp³-hybridized carbons (Fsp3) is 0.136. The Balaban J connectivity index is 1.62. The molecule has 30 heavy (non-hydrogen) atoms. The van der Waals surface area contributed by atoms with E-state index in [-0.39, 0.29) is 11.9 Å². The Morgan fingerprint density at radius 2 is 1.90 bits per heavy atom. The van der Waals surface area contributed by atoms with Gasteiger partial charge in [-0.05, 0) is 66.3 Å². The third-order valence-corrected chi connectivity index (χ3v) is 5.43. The summed E-state index contributed by atoms with van der Waals surface area (Å²) in [6.45, 7) is 3.81. The second kappa shape index (κ2) is 8.31. The van der Waals surface area contributed by atoms with Gasteiger partial charge >= 0.3 is 0 Å². The lowest BCUT2D eigenvalue weighted by atomic mass is 10.1. The number of amides is 1. The molecule has 0 saturated carbocycles. The molecule has 4 rings (SSSR count). The molecule has 0 saturated heterocycles. The number of nitrogens with zero attached hydrogens (tertiary/aromatic N) is 5. The normalized spacial score (nSPS) is 10.8. The summed E-state index contributed by atoms with van der Waals surface area (Å²) in [5.41, 5.74) is 4.40. The van der Waals surface area contributed by atoms with Crippen molar-refractivity contribution in [3.8, 4) is 22.6 Å². The summed E-state index contributed by atoms with van der Waals surface area (Å²) in [6.07, 6.45) is 3.62. The number of carbonyl (C=O) groups excluding carboxylic acids is 1. The molecule has 0 aliphatic rings. The van der Waals surface area contributed by atoms with Crippen LogP contribution >= 0.6 is 22.6 Å². The van der Waals surface area contributed by atoms with Crippen LogP contribution in [0.15, 0.2) is 54.9 Å². The van der Waals surface area contributed by atoms with Crippen molar-refractivity contribution in [2.24, 2.45) is 7.05 Å². The van der Waals surface area contributed by atoms with Crippen LogP contribution in [-0.4, -0.2) is 30.4 Å². The van der Waals surface area contributed by atoms with Crippen LogP contribution in [0.4, 0.5) is 5.95 Å². The molecule has 0 radical (unpaired) electrons. The van der Waals surface area contributed by atoms with Crippen molar-refractivity contribution in [2.45, 2.75) is 13.8 Å². The lowest BCUT2D eigenvalue weighted by Crippen LogP contribution is -2.18. The highest BCUT2D eigenvalue weighted by Gasteiger charge is 2.16. The van der Waals surface area contributed by atoms with Gasteiger partial charge in [-0.2, -0.15) is 9.97 Å². The maximum absolute atomic E-state index is 12.9. The van der Waals surface area contributed by atoms with Gasteiger partial charge < -0.3 is 4.57 Å². The zero-order valence-electron chi connectivity index (χ0n) is 16.7. The molecule has 1 amide bonds. The molecular weight excluding hydrogens is 491 g/mol. The number of aryl methyl sites for hydroxylation is 3. The smallest absolute Gasteiger partial charge is 0.274 e. The average molecular weight is 510 g/mol. The summed E-state index contributed by atoms with van der Waals surface area (Å²) in [6, 6.07) is 13.6.